The zero-order valence-electron chi connectivity index (χ0n) is 5.67. The Morgan fingerprint density at radius 2 is 2.20 bits per heavy atom. The summed E-state index contributed by atoms with van der Waals surface area (Å²) in [7, 11) is 0. The lowest BCUT2D eigenvalue weighted by Gasteiger charge is -2.04. The van der Waals surface area contributed by atoms with Crippen LogP contribution in [0.15, 0.2) is 5.11 Å². The summed E-state index contributed by atoms with van der Waals surface area (Å²) in [6.07, 6.45) is -2.50. The van der Waals surface area contributed by atoms with Gasteiger partial charge in [-0.25, -0.2) is 8.78 Å². The predicted octanol–water partition coefficient (Wildman–Crippen LogP) is 2.59. The number of hydrogen-bond acceptors (Lipinski definition) is 1. The van der Waals surface area contributed by atoms with Crippen LogP contribution in [-0.2, 0) is 0 Å². The van der Waals surface area contributed by atoms with Crippen molar-refractivity contribution >= 4 is 0 Å². The Bertz CT molecular complexity index is 131. The lowest BCUT2D eigenvalue weighted by atomic mass is 10.1. The molecule has 0 fully saturated rings. The maximum Gasteiger partial charge on any atom is 0.238 e. The van der Waals surface area contributed by atoms with Crippen molar-refractivity contribution in [2.45, 2.75) is 19.8 Å². The molecule has 0 saturated carbocycles. The molecule has 0 N–H and O–H groups in total. The van der Waals surface area contributed by atoms with Crippen LogP contribution in [0.5, 0.6) is 0 Å². The molecular weight excluding hydrogens is 140 g/mol. The predicted molar refractivity (Wildman–Crippen MR) is 33.8 cm³/mol. The van der Waals surface area contributed by atoms with Gasteiger partial charge in [-0.1, -0.05) is 12.0 Å². The van der Waals surface area contributed by atoms with Crippen LogP contribution in [0.25, 0.3) is 10.4 Å². The van der Waals surface area contributed by atoms with E-state index in [1.54, 1.807) is 6.92 Å². The Kier molecular flexibility index (Phi) is 4.58. The summed E-state index contributed by atoms with van der Waals surface area (Å²) in [6.45, 7) is 1.78. The molecule has 0 aromatic carbocycles. The summed E-state index contributed by atoms with van der Waals surface area (Å²) < 4.78 is 23.2. The third-order valence-electron chi connectivity index (χ3n) is 1.04. The monoisotopic (exact) mass is 149 g/mol. The van der Waals surface area contributed by atoms with Gasteiger partial charge in [0.25, 0.3) is 0 Å². The molecule has 0 aliphatic heterocycles. The molecule has 0 aromatic heterocycles. The van der Waals surface area contributed by atoms with E-state index in [0.717, 1.165) is 0 Å². The van der Waals surface area contributed by atoms with Gasteiger partial charge in [0.05, 0.1) is 0 Å². The minimum Gasteiger partial charge on any atom is -0.211 e. The van der Waals surface area contributed by atoms with Crippen molar-refractivity contribution in [1.82, 2.24) is 0 Å². The van der Waals surface area contributed by atoms with Crippen LogP contribution in [0.2, 0.25) is 0 Å². The lowest BCUT2D eigenvalue weighted by Crippen LogP contribution is -2.04. The van der Waals surface area contributed by atoms with Crippen molar-refractivity contribution < 1.29 is 8.78 Å². The first-order valence-electron chi connectivity index (χ1n) is 2.95. The lowest BCUT2D eigenvalue weighted by molar-refractivity contribution is 0.119. The van der Waals surface area contributed by atoms with Gasteiger partial charge in [-0.15, -0.1) is 0 Å². The summed E-state index contributed by atoms with van der Waals surface area (Å²) in [5.41, 5.74) is 7.82. The molecule has 5 heteroatoms. The second kappa shape index (κ2) is 4.99. The zero-order valence-corrected chi connectivity index (χ0v) is 5.67. The maximum atomic E-state index is 11.6. The van der Waals surface area contributed by atoms with Crippen LogP contribution in [0.1, 0.15) is 13.3 Å². The number of azide groups is 1. The molecule has 0 bridgehead atoms. The van der Waals surface area contributed by atoms with E-state index in [1.807, 2.05) is 0 Å². The van der Waals surface area contributed by atoms with E-state index in [4.69, 9.17) is 5.53 Å². The quantitative estimate of drug-likeness (QED) is 0.335. The summed E-state index contributed by atoms with van der Waals surface area (Å²) in [5, 5.41) is 3.17. The second-order valence-corrected chi connectivity index (χ2v) is 2.15. The molecule has 1 atom stereocenters. The second-order valence-electron chi connectivity index (χ2n) is 2.15. The molecule has 0 radical (unpaired) electrons. The molecule has 0 aliphatic rings. The fourth-order valence-corrected chi connectivity index (χ4v) is 0.555. The van der Waals surface area contributed by atoms with Gasteiger partial charge in [0.2, 0.25) is 6.43 Å². The first kappa shape index (κ1) is 9.17. The molecule has 0 rings (SSSR count). The van der Waals surface area contributed by atoms with E-state index in [0.29, 0.717) is 0 Å². The summed E-state index contributed by atoms with van der Waals surface area (Å²) >= 11 is 0. The highest BCUT2D eigenvalue weighted by atomic mass is 19.3. The van der Waals surface area contributed by atoms with Crippen LogP contribution >= 0.6 is 0 Å². The van der Waals surface area contributed by atoms with E-state index in [9.17, 15) is 8.78 Å². The van der Waals surface area contributed by atoms with Crippen molar-refractivity contribution in [3.8, 4) is 0 Å². The molecule has 0 amide bonds. The first-order valence-corrected chi connectivity index (χ1v) is 2.95. The van der Waals surface area contributed by atoms with Gasteiger partial charge in [-0.3, -0.25) is 0 Å². The minimum atomic E-state index is -2.30. The van der Waals surface area contributed by atoms with Crippen LogP contribution in [0.3, 0.4) is 0 Å². The van der Waals surface area contributed by atoms with Crippen LogP contribution in [-0.4, -0.2) is 13.0 Å². The van der Waals surface area contributed by atoms with Crippen molar-refractivity contribution in [3.63, 3.8) is 0 Å². The molecule has 58 valence electrons. The Morgan fingerprint density at radius 3 is 2.60 bits per heavy atom. The van der Waals surface area contributed by atoms with Gasteiger partial charge in [0.1, 0.15) is 0 Å². The van der Waals surface area contributed by atoms with Gasteiger partial charge in [0.15, 0.2) is 0 Å². The van der Waals surface area contributed by atoms with E-state index >= 15 is 0 Å². The SMILES string of the molecule is C[C@@H](CN=[N+]=[N-])CC(F)F. The Hall–Kier alpha value is -0.830. The van der Waals surface area contributed by atoms with E-state index in [1.165, 1.54) is 0 Å². The molecule has 0 aromatic rings. The smallest absolute Gasteiger partial charge is 0.211 e. The minimum absolute atomic E-state index is 0.154. The molecule has 0 unspecified atom stereocenters. The van der Waals surface area contributed by atoms with Crippen LogP contribution < -0.4 is 0 Å². The van der Waals surface area contributed by atoms with Crippen molar-refractivity contribution in [3.05, 3.63) is 10.4 Å². The summed E-state index contributed by atoms with van der Waals surface area (Å²) in [5.74, 6) is -0.226. The van der Waals surface area contributed by atoms with Crippen molar-refractivity contribution in [2.75, 3.05) is 6.54 Å². The number of halogens is 2. The fraction of sp³-hybridized carbons (Fsp3) is 1.00. The summed E-state index contributed by atoms with van der Waals surface area (Å²) in [6, 6.07) is 0. The first-order chi connectivity index (χ1) is 4.66. The molecule has 0 heterocycles. The van der Waals surface area contributed by atoms with Crippen LogP contribution in [0.4, 0.5) is 8.78 Å². The normalized spacial score (nSPS) is 12.8. The van der Waals surface area contributed by atoms with Gasteiger partial charge < -0.3 is 0 Å². The Labute approximate surface area is 57.7 Å². The number of hydrogen-bond donors (Lipinski definition) is 0. The molecule has 10 heavy (non-hydrogen) atoms. The Morgan fingerprint density at radius 1 is 1.60 bits per heavy atom. The Balaban J connectivity index is 3.42. The number of alkyl halides is 2. The largest absolute Gasteiger partial charge is 0.238 e. The zero-order chi connectivity index (χ0) is 7.98. The topological polar surface area (TPSA) is 48.8 Å². The maximum absolute atomic E-state index is 11.6. The number of nitrogens with zero attached hydrogens (tertiary/aromatic N) is 3. The highest BCUT2D eigenvalue weighted by Crippen LogP contribution is 2.09. The highest BCUT2D eigenvalue weighted by Gasteiger charge is 2.08. The van der Waals surface area contributed by atoms with Gasteiger partial charge in [-0.05, 0) is 11.4 Å². The molecule has 3 nitrogen and oxygen atoms in total. The van der Waals surface area contributed by atoms with Gasteiger partial charge >= 0.3 is 0 Å². The van der Waals surface area contributed by atoms with Crippen molar-refractivity contribution in [1.29, 1.82) is 0 Å². The highest BCUT2D eigenvalue weighted by molar-refractivity contribution is 4.57. The molecule has 0 saturated heterocycles. The third kappa shape index (κ3) is 5.31. The molecule has 0 spiro atoms. The summed E-state index contributed by atoms with van der Waals surface area (Å²) in [4.78, 5) is 2.46. The standard InChI is InChI=1S/C5H9F2N3/c1-4(2-5(6)7)3-9-10-8/h4-5H,2-3H2,1H3/t4-/m1/s1. The average Bonchev–Trinajstić information content (AvgIpc) is 1.82. The molecule has 0 aliphatic carbocycles. The number of rotatable bonds is 4. The van der Waals surface area contributed by atoms with Gasteiger partial charge in [0, 0.05) is 17.9 Å². The fourth-order valence-electron chi connectivity index (χ4n) is 0.555. The van der Waals surface area contributed by atoms with E-state index in [2.05, 4.69) is 10.0 Å². The van der Waals surface area contributed by atoms with Gasteiger partial charge in [-0.2, -0.15) is 0 Å². The van der Waals surface area contributed by atoms with Crippen molar-refractivity contribution in [2.24, 2.45) is 11.0 Å². The van der Waals surface area contributed by atoms with Crippen LogP contribution in [0, 0.1) is 5.92 Å². The third-order valence-corrected chi connectivity index (χ3v) is 1.04. The van der Waals surface area contributed by atoms with E-state index in [-0.39, 0.29) is 18.9 Å². The average molecular weight is 149 g/mol. The van der Waals surface area contributed by atoms with E-state index < -0.39 is 6.43 Å². The molecular formula is C5H9F2N3.